The van der Waals surface area contributed by atoms with Gasteiger partial charge in [-0.1, -0.05) is 30.3 Å². The molecule has 27 heavy (non-hydrogen) atoms. The number of hydrogen-bond donors (Lipinski definition) is 0. The lowest BCUT2D eigenvalue weighted by molar-refractivity contribution is -0.152. The summed E-state index contributed by atoms with van der Waals surface area (Å²) in [6, 6.07) is 12.6. The summed E-state index contributed by atoms with van der Waals surface area (Å²) in [4.78, 5) is 16.9. The molecule has 0 unspecified atom stereocenters. The fourth-order valence-electron chi connectivity index (χ4n) is 4.13. The SMILES string of the molecule is Br.CCOC(=O)C1(c2ccsc2-c2ccccc2)CCN(CC2CC2)CC1. The molecule has 0 radical (unpaired) electrons. The highest BCUT2D eigenvalue weighted by molar-refractivity contribution is 8.93. The van der Waals surface area contributed by atoms with Crippen LogP contribution in [0.2, 0.25) is 0 Å². The second-order valence-corrected chi connectivity index (χ2v) is 8.49. The minimum absolute atomic E-state index is 0. The first-order valence-corrected chi connectivity index (χ1v) is 10.6. The molecule has 2 fully saturated rings. The van der Waals surface area contributed by atoms with Gasteiger partial charge in [-0.3, -0.25) is 4.79 Å². The van der Waals surface area contributed by atoms with Gasteiger partial charge in [0, 0.05) is 11.4 Å². The number of nitrogens with zero attached hydrogens (tertiary/aromatic N) is 1. The van der Waals surface area contributed by atoms with Gasteiger partial charge in [0.25, 0.3) is 0 Å². The van der Waals surface area contributed by atoms with Crippen LogP contribution in [0.4, 0.5) is 0 Å². The number of esters is 1. The second-order valence-electron chi connectivity index (χ2n) is 7.58. The number of halogens is 1. The minimum atomic E-state index is -0.499. The molecule has 0 spiro atoms. The lowest BCUT2D eigenvalue weighted by Crippen LogP contribution is -2.48. The molecule has 1 aromatic carbocycles. The molecule has 1 saturated heterocycles. The molecule has 1 aliphatic carbocycles. The van der Waals surface area contributed by atoms with Crippen molar-refractivity contribution in [3.63, 3.8) is 0 Å². The first-order valence-electron chi connectivity index (χ1n) is 9.76. The van der Waals surface area contributed by atoms with Gasteiger partial charge < -0.3 is 9.64 Å². The van der Waals surface area contributed by atoms with Gasteiger partial charge in [0.2, 0.25) is 0 Å². The predicted molar refractivity (Wildman–Crippen MR) is 117 cm³/mol. The quantitative estimate of drug-likeness (QED) is 0.560. The number of benzene rings is 1. The Morgan fingerprint density at radius 3 is 2.52 bits per heavy atom. The fourth-order valence-corrected chi connectivity index (χ4v) is 5.14. The first-order chi connectivity index (χ1) is 12.7. The summed E-state index contributed by atoms with van der Waals surface area (Å²) in [5.41, 5.74) is 1.86. The van der Waals surface area contributed by atoms with E-state index in [2.05, 4.69) is 40.6 Å². The second kappa shape index (κ2) is 8.89. The monoisotopic (exact) mass is 449 g/mol. The van der Waals surface area contributed by atoms with E-state index < -0.39 is 5.41 Å². The molecule has 2 heterocycles. The van der Waals surface area contributed by atoms with E-state index in [0.29, 0.717) is 6.61 Å². The maximum atomic E-state index is 13.1. The van der Waals surface area contributed by atoms with E-state index in [-0.39, 0.29) is 23.0 Å². The normalized spacial score (nSPS) is 19.3. The summed E-state index contributed by atoms with van der Waals surface area (Å²) in [5, 5.41) is 2.12. The van der Waals surface area contributed by atoms with Crippen molar-refractivity contribution >= 4 is 34.3 Å². The zero-order chi connectivity index (χ0) is 18.0. The predicted octanol–water partition coefficient (Wildman–Crippen LogP) is 5.30. The smallest absolute Gasteiger partial charge is 0.316 e. The van der Waals surface area contributed by atoms with Crippen LogP contribution in [-0.2, 0) is 14.9 Å². The van der Waals surface area contributed by atoms with Gasteiger partial charge in [-0.15, -0.1) is 28.3 Å². The fraction of sp³-hybridized carbons (Fsp3) is 0.500. The molecular formula is C22H28BrNO2S. The van der Waals surface area contributed by atoms with Gasteiger partial charge in [-0.05, 0) is 74.2 Å². The molecule has 5 heteroatoms. The Morgan fingerprint density at radius 1 is 1.19 bits per heavy atom. The summed E-state index contributed by atoms with van der Waals surface area (Å²) < 4.78 is 5.58. The lowest BCUT2D eigenvalue weighted by Gasteiger charge is -2.40. The Balaban J connectivity index is 0.00000210. The van der Waals surface area contributed by atoms with E-state index in [1.165, 1.54) is 35.4 Å². The molecule has 2 aromatic rings. The average Bonchev–Trinajstić information content (AvgIpc) is 3.35. The Bertz CT molecular complexity index is 749. The third kappa shape index (κ3) is 4.30. The summed E-state index contributed by atoms with van der Waals surface area (Å²) >= 11 is 1.73. The van der Waals surface area contributed by atoms with E-state index in [4.69, 9.17) is 4.74 Å². The molecule has 146 valence electrons. The van der Waals surface area contributed by atoms with Gasteiger partial charge in [-0.2, -0.15) is 0 Å². The zero-order valence-corrected chi connectivity index (χ0v) is 18.4. The average molecular weight is 450 g/mol. The maximum absolute atomic E-state index is 13.1. The summed E-state index contributed by atoms with van der Waals surface area (Å²) in [7, 11) is 0. The first kappa shape index (κ1) is 20.6. The van der Waals surface area contributed by atoms with Crippen LogP contribution in [0.15, 0.2) is 41.8 Å². The highest BCUT2D eigenvalue weighted by Gasteiger charge is 2.46. The Hall–Kier alpha value is -1.17. The molecule has 0 N–H and O–H groups in total. The van der Waals surface area contributed by atoms with Crippen molar-refractivity contribution < 1.29 is 9.53 Å². The van der Waals surface area contributed by atoms with E-state index in [9.17, 15) is 4.79 Å². The van der Waals surface area contributed by atoms with Gasteiger partial charge in [0.05, 0.1) is 12.0 Å². The third-order valence-electron chi connectivity index (χ3n) is 5.81. The molecule has 2 aliphatic rings. The van der Waals surface area contributed by atoms with Crippen molar-refractivity contribution in [3.8, 4) is 10.4 Å². The number of piperidine rings is 1. The van der Waals surface area contributed by atoms with E-state index in [1.54, 1.807) is 11.3 Å². The van der Waals surface area contributed by atoms with E-state index in [1.807, 2.05) is 13.0 Å². The molecule has 3 nitrogen and oxygen atoms in total. The van der Waals surface area contributed by atoms with Crippen LogP contribution in [0.5, 0.6) is 0 Å². The molecule has 1 saturated carbocycles. The van der Waals surface area contributed by atoms with Gasteiger partial charge in [0.1, 0.15) is 0 Å². The van der Waals surface area contributed by atoms with Crippen molar-refractivity contribution in [3.05, 3.63) is 47.3 Å². The molecular weight excluding hydrogens is 422 g/mol. The van der Waals surface area contributed by atoms with Crippen LogP contribution in [0.3, 0.4) is 0 Å². The Labute approximate surface area is 176 Å². The third-order valence-corrected chi connectivity index (χ3v) is 6.77. The van der Waals surface area contributed by atoms with Gasteiger partial charge in [-0.25, -0.2) is 0 Å². The zero-order valence-electron chi connectivity index (χ0n) is 15.9. The topological polar surface area (TPSA) is 29.5 Å². The largest absolute Gasteiger partial charge is 0.465 e. The van der Waals surface area contributed by atoms with Crippen LogP contribution >= 0.6 is 28.3 Å². The molecule has 0 amide bonds. The van der Waals surface area contributed by atoms with Crippen molar-refractivity contribution in [2.75, 3.05) is 26.2 Å². The summed E-state index contributed by atoms with van der Waals surface area (Å²) in [5.74, 6) is 0.854. The molecule has 4 rings (SSSR count). The molecule has 0 bridgehead atoms. The van der Waals surface area contributed by atoms with Crippen LogP contribution in [-0.4, -0.2) is 37.1 Å². The van der Waals surface area contributed by atoms with Gasteiger partial charge in [0.15, 0.2) is 0 Å². The van der Waals surface area contributed by atoms with Crippen molar-refractivity contribution in [1.29, 1.82) is 0 Å². The minimum Gasteiger partial charge on any atom is -0.465 e. The molecule has 0 atom stereocenters. The Morgan fingerprint density at radius 2 is 1.89 bits per heavy atom. The molecule has 1 aliphatic heterocycles. The highest BCUT2D eigenvalue weighted by Crippen LogP contribution is 2.44. The van der Waals surface area contributed by atoms with Crippen LogP contribution in [0, 0.1) is 5.92 Å². The maximum Gasteiger partial charge on any atom is 0.316 e. The van der Waals surface area contributed by atoms with Crippen molar-refractivity contribution in [2.24, 2.45) is 5.92 Å². The highest BCUT2D eigenvalue weighted by atomic mass is 79.9. The van der Waals surface area contributed by atoms with E-state index in [0.717, 1.165) is 31.8 Å². The van der Waals surface area contributed by atoms with Crippen molar-refractivity contribution in [1.82, 2.24) is 4.90 Å². The van der Waals surface area contributed by atoms with Crippen molar-refractivity contribution in [2.45, 2.75) is 38.0 Å². The molecule has 1 aromatic heterocycles. The summed E-state index contributed by atoms with van der Waals surface area (Å²) in [6.45, 7) is 5.52. The number of rotatable bonds is 6. The lowest BCUT2D eigenvalue weighted by atomic mass is 9.72. The Kier molecular flexibility index (Phi) is 6.77. The van der Waals surface area contributed by atoms with E-state index >= 15 is 0 Å². The summed E-state index contributed by atoms with van der Waals surface area (Å²) in [6.07, 6.45) is 4.47. The number of carbonyl (C=O) groups is 1. The number of ether oxygens (including phenoxy) is 1. The number of likely N-dealkylation sites (tertiary alicyclic amines) is 1. The van der Waals surface area contributed by atoms with Crippen LogP contribution in [0.1, 0.15) is 38.2 Å². The number of carbonyl (C=O) groups excluding carboxylic acids is 1. The number of thiophene rings is 1. The van der Waals surface area contributed by atoms with Gasteiger partial charge >= 0.3 is 5.97 Å². The number of hydrogen-bond acceptors (Lipinski definition) is 4. The van der Waals surface area contributed by atoms with Crippen LogP contribution < -0.4 is 0 Å². The standard InChI is InChI=1S/C22H27NO2S.BrH/c1-2-25-21(24)22(11-13-23(14-12-22)16-17-8-9-17)19-10-15-26-20(19)18-6-4-3-5-7-18;/h3-7,10,15,17H,2,8-9,11-14,16H2,1H3;1H. The van der Waals surface area contributed by atoms with Crippen LogP contribution in [0.25, 0.3) is 10.4 Å².